The maximum absolute atomic E-state index is 10.8. The molecule has 0 aliphatic heterocycles. The van der Waals surface area contributed by atoms with Crippen LogP contribution in [0.1, 0.15) is 12.0 Å². The second-order valence-corrected chi connectivity index (χ2v) is 4.89. The molecule has 1 aromatic rings. The summed E-state index contributed by atoms with van der Waals surface area (Å²) in [6, 6.07) is 3.54. The minimum Gasteiger partial charge on any atom is -0.396 e. The highest BCUT2D eigenvalue weighted by Gasteiger charge is 2.01. The number of hydrogen-bond donors (Lipinski definition) is 2. The lowest BCUT2D eigenvalue weighted by Gasteiger charge is -2.07. The number of anilines is 2. The first-order chi connectivity index (χ1) is 7.63. The number of nitrogens with zero attached hydrogens (tertiary/aromatic N) is 2. The largest absolute Gasteiger partial charge is 0.396 e. The molecule has 1 heterocycles. The summed E-state index contributed by atoms with van der Waals surface area (Å²) in [5.74, 6) is 1.23. The zero-order valence-electron chi connectivity index (χ0n) is 9.06. The van der Waals surface area contributed by atoms with Crippen LogP contribution in [0.15, 0.2) is 12.3 Å². The molecule has 0 fully saturated rings. The van der Waals surface area contributed by atoms with Crippen molar-refractivity contribution in [3.8, 4) is 6.07 Å². The van der Waals surface area contributed by atoms with Crippen LogP contribution >= 0.6 is 0 Å². The normalized spacial score (nSPS) is 11.8. The summed E-state index contributed by atoms with van der Waals surface area (Å²) in [7, 11) is -0.769. The Morgan fingerprint density at radius 1 is 1.69 bits per heavy atom. The van der Waals surface area contributed by atoms with Gasteiger partial charge in [-0.2, -0.15) is 5.26 Å². The lowest BCUT2D eigenvalue weighted by molar-refractivity contribution is 0.685. The molecule has 0 aliphatic rings. The lowest BCUT2D eigenvalue weighted by Crippen LogP contribution is -2.09. The molecule has 16 heavy (non-hydrogen) atoms. The Kier molecular flexibility index (Phi) is 4.73. The quantitative estimate of drug-likeness (QED) is 0.737. The van der Waals surface area contributed by atoms with Gasteiger partial charge >= 0.3 is 0 Å². The van der Waals surface area contributed by atoms with Gasteiger partial charge in [-0.15, -0.1) is 0 Å². The van der Waals surface area contributed by atoms with Gasteiger partial charge in [0.25, 0.3) is 0 Å². The van der Waals surface area contributed by atoms with Gasteiger partial charge in [-0.25, -0.2) is 4.98 Å². The van der Waals surface area contributed by atoms with Crippen LogP contribution in [0.5, 0.6) is 0 Å². The molecular formula is C10H14N4OS. The van der Waals surface area contributed by atoms with Crippen molar-refractivity contribution < 1.29 is 4.21 Å². The first-order valence-corrected chi connectivity index (χ1v) is 6.55. The molecule has 0 saturated heterocycles. The van der Waals surface area contributed by atoms with Crippen LogP contribution in [0, 0.1) is 11.3 Å². The van der Waals surface area contributed by atoms with Crippen molar-refractivity contribution in [1.82, 2.24) is 4.98 Å². The molecule has 0 spiro atoms. The van der Waals surface area contributed by atoms with Gasteiger partial charge in [0.1, 0.15) is 11.9 Å². The summed E-state index contributed by atoms with van der Waals surface area (Å²) in [4.78, 5) is 4.03. The van der Waals surface area contributed by atoms with Gasteiger partial charge in [-0.05, 0) is 12.5 Å². The van der Waals surface area contributed by atoms with Crippen LogP contribution < -0.4 is 11.1 Å². The van der Waals surface area contributed by atoms with E-state index in [4.69, 9.17) is 11.0 Å². The predicted molar refractivity (Wildman–Crippen MR) is 65.4 cm³/mol. The minimum absolute atomic E-state index is 0.442. The Balaban J connectivity index is 2.49. The molecule has 5 nitrogen and oxygen atoms in total. The summed E-state index contributed by atoms with van der Waals surface area (Å²) in [5, 5.41) is 11.7. The minimum atomic E-state index is -0.769. The highest BCUT2D eigenvalue weighted by molar-refractivity contribution is 7.84. The molecule has 0 amide bonds. The molecule has 0 aliphatic carbocycles. The summed E-state index contributed by atoms with van der Waals surface area (Å²) in [5.41, 5.74) is 6.60. The molecule has 0 aromatic carbocycles. The van der Waals surface area contributed by atoms with Crippen molar-refractivity contribution in [2.45, 2.75) is 6.42 Å². The highest BCUT2D eigenvalue weighted by Crippen LogP contribution is 2.15. The Morgan fingerprint density at radius 3 is 3.00 bits per heavy atom. The molecule has 3 N–H and O–H groups in total. The van der Waals surface area contributed by atoms with Crippen LogP contribution in [0.3, 0.4) is 0 Å². The average Bonchev–Trinajstić information content (AvgIpc) is 2.25. The van der Waals surface area contributed by atoms with Crippen molar-refractivity contribution in [3.05, 3.63) is 17.8 Å². The molecule has 1 rings (SSSR count). The summed E-state index contributed by atoms with van der Waals surface area (Å²) >= 11 is 0. The van der Waals surface area contributed by atoms with Gasteiger partial charge in [-0.3, -0.25) is 4.21 Å². The van der Waals surface area contributed by atoms with Crippen LogP contribution in [0.25, 0.3) is 0 Å². The second-order valence-electron chi connectivity index (χ2n) is 3.33. The van der Waals surface area contributed by atoms with E-state index in [0.29, 0.717) is 29.4 Å². The van der Waals surface area contributed by atoms with Crippen LogP contribution in [0.2, 0.25) is 0 Å². The number of hydrogen-bond acceptors (Lipinski definition) is 5. The van der Waals surface area contributed by atoms with E-state index in [1.165, 1.54) is 6.20 Å². The first kappa shape index (κ1) is 12.5. The maximum atomic E-state index is 10.8. The van der Waals surface area contributed by atoms with Crippen molar-refractivity contribution >= 4 is 22.3 Å². The summed E-state index contributed by atoms with van der Waals surface area (Å²) in [6.45, 7) is 0.669. The second kappa shape index (κ2) is 6.08. The van der Waals surface area contributed by atoms with Gasteiger partial charge < -0.3 is 11.1 Å². The number of nitrogen functional groups attached to an aromatic ring is 1. The lowest BCUT2D eigenvalue weighted by atomic mass is 10.3. The molecule has 0 bridgehead atoms. The number of nitrogens with two attached hydrogens (primary N) is 1. The Hall–Kier alpha value is -1.61. The number of nitriles is 1. The zero-order chi connectivity index (χ0) is 12.0. The van der Waals surface area contributed by atoms with Crippen molar-refractivity contribution in [1.29, 1.82) is 5.26 Å². The maximum Gasteiger partial charge on any atom is 0.149 e. The Labute approximate surface area is 97.1 Å². The Morgan fingerprint density at radius 2 is 2.44 bits per heavy atom. The average molecular weight is 238 g/mol. The molecule has 1 atom stereocenters. The number of aromatic nitrogens is 1. The first-order valence-electron chi connectivity index (χ1n) is 4.83. The third-order valence-corrected chi connectivity index (χ3v) is 2.81. The number of nitrogens with one attached hydrogen (secondary N) is 1. The van der Waals surface area contributed by atoms with Gasteiger partial charge in [0, 0.05) is 35.5 Å². The van der Waals surface area contributed by atoms with E-state index in [1.807, 2.05) is 6.07 Å². The van der Waals surface area contributed by atoms with Crippen LogP contribution in [-0.2, 0) is 10.8 Å². The number of pyridine rings is 1. The fourth-order valence-corrected chi connectivity index (χ4v) is 1.72. The standard InChI is InChI=1S/C10H14N4OS/c1-16(15)4-2-3-13-10-9(12)5-8(6-11)7-14-10/h5,7H,2-4,12H2,1H3,(H,13,14). The molecule has 0 radical (unpaired) electrons. The van der Waals surface area contributed by atoms with E-state index < -0.39 is 10.8 Å². The van der Waals surface area contributed by atoms with Gasteiger partial charge in [0.2, 0.25) is 0 Å². The van der Waals surface area contributed by atoms with Crippen molar-refractivity contribution in [2.75, 3.05) is 29.6 Å². The predicted octanol–water partition coefficient (Wildman–Crippen LogP) is 0.716. The molecule has 0 saturated carbocycles. The molecular weight excluding hydrogens is 224 g/mol. The fourth-order valence-electron chi connectivity index (χ4n) is 1.17. The van der Waals surface area contributed by atoms with E-state index in [1.54, 1.807) is 12.3 Å². The smallest absolute Gasteiger partial charge is 0.149 e. The van der Waals surface area contributed by atoms with E-state index in [9.17, 15) is 4.21 Å². The molecule has 1 aromatic heterocycles. The topological polar surface area (TPSA) is 91.8 Å². The van der Waals surface area contributed by atoms with E-state index in [2.05, 4.69) is 10.3 Å². The van der Waals surface area contributed by atoms with Crippen LogP contribution in [0.4, 0.5) is 11.5 Å². The van der Waals surface area contributed by atoms with Gasteiger partial charge in [0.05, 0.1) is 11.3 Å². The fraction of sp³-hybridized carbons (Fsp3) is 0.400. The van der Waals surface area contributed by atoms with Gasteiger partial charge in [0.15, 0.2) is 0 Å². The summed E-state index contributed by atoms with van der Waals surface area (Å²) < 4.78 is 10.8. The highest BCUT2D eigenvalue weighted by atomic mass is 32.2. The van der Waals surface area contributed by atoms with Crippen molar-refractivity contribution in [2.24, 2.45) is 0 Å². The Bertz CT molecular complexity index is 427. The zero-order valence-corrected chi connectivity index (χ0v) is 9.88. The van der Waals surface area contributed by atoms with Gasteiger partial charge in [-0.1, -0.05) is 0 Å². The molecule has 6 heteroatoms. The van der Waals surface area contributed by atoms with Crippen molar-refractivity contribution in [3.63, 3.8) is 0 Å². The third kappa shape index (κ3) is 3.87. The molecule has 86 valence electrons. The molecule has 1 unspecified atom stereocenters. The monoisotopic (exact) mass is 238 g/mol. The SMILES string of the molecule is CS(=O)CCCNc1ncc(C#N)cc1N. The third-order valence-electron chi connectivity index (χ3n) is 1.95. The summed E-state index contributed by atoms with van der Waals surface area (Å²) in [6.07, 6.45) is 3.94. The number of rotatable bonds is 5. The van der Waals surface area contributed by atoms with E-state index >= 15 is 0 Å². The van der Waals surface area contributed by atoms with Crippen LogP contribution in [-0.4, -0.2) is 27.7 Å². The van der Waals surface area contributed by atoms with E-state index in [0.717, 1.165) is 6.42 Å². The van der Waals surface area contributed by atoms with E-state index in [-0.39, 0.29) is 0 Å².